The molecule has 0 radical (unpaired) electrons. The molecule has 6 nitrogen and oxygen atoms in total. The minimum atomic E-state index is -3.33. The number of carbonyl (C=O) groups excluding carboxylic acids is 1. The minimum absolute atomic E-state index is 0.0579. The lowest BCUT2D eigenvalue weighted by atomic mass is 10.3. The smallest absolute Gasteiger partial charge is 0.334 e. The molecule has 1 rings (SSSR count). The van der Waals surface area contributed by atoms with Crippen molar-refractivity contribution in [3.63, 3.8) is 0 Å². The Kier molecular flexibility index (Phi) is 7.72. The van der Waals surface area contributed by atoms with Gasteiger partial charge in [-0.15, -0.1) is 0 Å². The van der Waals surface area contributed by atoms with Crippen molar-refractivity contribution in [2.24, 2.45) is 0 Å². The Balaban J connectivity index is 2.85. The molecule has 1 aromatic heterocycles. The number of hydrogen-bond donors (Lipinski definition) is 0. The van der Waals surface area contributed by atoms with Crippen molar-refractivity contribution >= 4 is 13.6 Å². The topological polar surface area (TPSA) is 75.0 Å². The van der Waals surface area contributed by atoms with Gasteiger partial charge in [0, 0.05) is 6.42 Å². The molecule has 7 heteroatoms. The standard InChI is InChI=1S/C14H23O6P/c1-4-8-14(15)20-13(12-9-7-10-17-12)11-21(16,18-5-2)19-6-3/h7,9-10,13H,4-6,8,11H2,1-3H3. The van der Waals surface area contributed by atoms with Crippen LogP contribution in [0.2, 0.25) is 0 Å². The monoisotopic (exact) mass is 318 g/mol. The fraction of sp³-hybridized carbons (Fsp3) is 0.643. The molecule has 120 valence electrons. The van der Waals surface area contributed by atoms with E-state index in [2.05, 4.69) is 0 Å². The van der Waals surface area contributed by atoms with Gasteiger partial charge in [0.25, 0.3) is 0 Å². The summed E-state index contributed by atoms with van der Waals surface area (Å²) in [6.07, 6.45) is 1.62. The van der Waals surface area contributed by atoms with Crippen LogP contribution in [-0.2, 0) is 23.1 Å². The van der Waals surface area contributed by atoms with Gasteiger partial charge in [-0.2, -0.15) is 0 Å². The van der Waals surface area contributed by atoms with Gasteiger partial charge in [-0.25, -0.2) is 0 Å². The van der Waals surface area contributed by atoms with Crippen molar-refractivity contribution in [3.8, 4) is 0 Å². The van der Waals surface area contributed by atoms with Gasteiger partial charge in [0.2, 0.25) is 0 Å². The molecule has 0 amide bonds. The Hall–Kier alpha value is -1.10. The van der Waals surface area contributed by atoms with Crippen molar-refractivity contribution in [3.05, 3.63) is 24.2 Å². The van der Waals surface area contributed by atoms with Crippen molar-refractivity contribution < 1.29 is 27.6 Å². The second kappa shape index (κ2) is 9.03. The molecule has 0 fully saturated rings. The summed E-state index contributed by atoms with van der Waals surface area (Å²) in [5, 5.41) is 0. The molecule has 1 heterocycles. The highest BCUT2D eigenvalue weighted by Gasteiger charge is 2.33. The first-order valence-electron chi connectivity index (χ1n) is 7.15. The van der Waals surface area contributed by atoms with Crippen LogP contribution < -0.4 is 0 Å². The Bertz CT molecular complexity index is 446. The molecule has 0 aliphatic rings. The Morgan fingerprint density at radius 3 is 2.43 bits per heavy atom. The fourth-order valence-electron chi connectivity index (χ4n) is 1.82. The van der Waals surface area contributed by atoms with Crippen molar-refractivity contribution in [2.45, 2.75) is 39.7 Å². The third kappa shape index (κ3) is 6.04. The molecular formula is C14H23O6P. The molecule has 1 aromatic rings. The molecule has 0 saturated heterocycles. The van der Waals surface area contributed by atoms with E-state index in [0.29, 0.717) is 18.6 Å². The quantitative estimate of drug-likeness (QED) is 0.480. The number of ether oxygens (including phenoxy) is 1. The SMILES string of the molecule is CCCC(=O)OC(CP(=O)(OCC)OCC)c1ccco1. The maximum absolute atomic E-state index is 12.6. The van der Waals surface area contributed by atoms with E-state index in [0.717, 1.165) is 0 Å². The summed E-state index contributed by atoms with van der Waals surface area (Å²) < 4.78 is 33.7. The zero-order valence-corrected chi connectivity index (χ0v) is 13.6. The fourth-order valence-corrected chi connectivity index (χ4v) is 3.55. The van der Waals surface area contributed by atoms with Crippen LogP contribution in [0, 0.1) is 0 Å². The Labute approximate surface area is 125 Å². The summed E-state index contributed by atoms with van der Waals surface area (Å²) in [5.74, 6) is 0.0672. The second-order valence-corrected chi connectivity index (χ2v) is 6.48. The van der Waals surface area contributed by atoms with Gasteiger partial charge in [0.15, 0.2) is 6.10 Å². The lowest BCUT2D eigenvalue weighted by Crippen LogP contribution is -2.16. The van der Waals surface area contributed by atoms with Gasteiger partial charge in [0.05, 0.1) is 25.6 Å². The molecule has 0 aliphatic carbocycles. The maximum atomic E-state index is 12.6. The summed E-state index contributed by atoms with van der Waals surface area (Å²) in [4.78, 5) is 11.7. The van der Waals surface area contributed by atoms with Crippen LogP contribution in [0.5, 0.6) is 0 Å². The van der Waals surface area contributed by atoms with Gasteiger partial charge in [-0.1, -0.05) is 6.92 Å². The van der Waals surface area contributed by atoms with Gasteiger partial charge >= 0.3 is 13.6 Å². The molecule has 0 saturated carbocycles. The number of hydrogen-bond acceptors (Lipinski definition) is 6. The number of esters is 1. The summed E-state index contributed by atoms with van der Waals surface area (Å²) in [7, 11) is -3.33. The highest BCUT2D eigenvalue weighted by molar-refractivity contribution is 7.53. The van der Waals surface area contributed by atoms with Gasteiger partial charge in [0.1, 0.15) is 5.76 Å². The van der Waals surface area contributed by atoms with Gasteiger partial charge in [-0.05, 0) is 32.4 Å². The zero-order chi connectivity index (χ0) is 15.7. The zero-order valence-electron chi connectivity index (χ0n) is 12.7. The third-order valence-corrected chi connectivity index (χ3v) is 4.71. The van der Waals surface area contributed by atoms with Crippen LogP contribution in [0.1, 0.15) is 45.5 Å². The summed E-state index contributed by atoms with van der Waals surface area (Å²) in [6.45, 7) is 5.86. The van der Waals surface area contributed by atoms with Crippen LogP contribution in [0.15, 0.2) is 22.8 Å². The van der Waals surface area contributed by atoms with Crippen LogP contribution in [0.4, 0.5) is 0 Å². The maximum Gasteiger partial charge on any atom is 0.334 e. The molecule has 1 unspecified atom stereocenters. The molecule has 0 N–H and O–H groups in total. The molecule has 0 spiro atoms. The highest BCUT2D eigenvalue weighted by Crippen LogP contribution is 2.51. The Morgan fingerprint density at radius 2 is 1.95 bits per heavy atom. The van der Waals surface area contributed by atoms with Crippen molar-refractivity contribution in [2.75, 3.05) is 19.4 Å². The number of rotatable bonds is 10. The van der Waals surface area contributed by atoms with E-state index < -0.39 is 13.7 Å². The normalized spacial score (nSPS) is 13.1. The first kappa shape index (κ1) is 18.0. The third-order valence-electron chi connectivity index (χ3n) is 2.63. The molecule has 1 atom stereocenters. The average molecular weight is 318 g/mol. The van der Waals surface area contributed by atoms with E-state index >= 15 is 0 Å². The lowest BCUT2D eigenvalue weighted by molar-refractivity contribution is -0.149. The molecule has 21 heavy (non-hydrogen) atoms. The molecule has 0 bridgehead atoms. The molecular weight excluding hydrogens is 295 g/mol. The first-order chi connectivity index (χ1) is 10.0. The van der Waals surface area contributed by atoms with E-state index in [1.54, 1.807) is 26.0 Å². The second-order valence-electron chi connectivity index (χ2n) is 4.37. The number of carbonyl (C=O) groups is 1. The van der Waals surface area contributed by atoms with Crippen LogP contribution in [0.25, 0.3) is 0 Å². The molecule has 0 aliphatic heterocycles. The van der Waals surface area contributed by atoms with Crippen LogP contribution >= 0.6 is 7.60 Å². The largest absolute Gasteiger partial charge is 0.465 e. The predicted molar refractivity (Wildman–Crippen MR) is 78.2 cm³/mol. The van der Waals surface area contributed by atoms with E-state index in [1.807, 2.05) is 6.92 Å². The van der Waals surface area contributed by atoms with E-state index in [-0.39, 0.29) is 25.3 Å². The summed E-state index contributed by atoms with van der Waals surface area (Å²) in [5.41, 5.74) is 0. The van der Waals surface area contributed by atoms with Crippen LogP contribution in [0.3, 0.4) is 0 Å². The molecule has 0 aromatic carbocycles. The van der Waals surface area contributed by atoms with E-state index in [4.69, 9.17) is 18.2 Å². The Morgan fingerprint density at radius 1 is 1.29 bits per heavy atom. The lowest BCUT2D eigenvalue weighted by Gasteiger charge is -2.22. The van der Waals surface area contributed by atoms with Gasteiger partial charge < -0.3 is 18.2 Å². The first-order valence-corrected chi connectivity index (χ1v) is 8.88. The van der Waals surface area contributed by atoms with Crippen molar-refractivity contribution in [1.82, 2.24) is 0 Å². The highest BCUT2D eigenvalue weighted by atomic mass is 31.2. The summed E-state index contributed by atoms with van der Waals surface area (Å²) in [6, 6.07) is 3.36. The van der Waals surface area contributed by atoms with E-state index in [1.165, 1.54) is 6.26 Å². The minimum Gasteiger partial charge on any atom is -0.465 e. The van der Waals surface area contributed by atoms with Crippen molar-refractivity contribution in [1.29, 1.82) is 0 Å². The van der Waals surface area contributed by atoms with Gasteiger partial charge in [-0.3, -0.25) is 9.36 Å². The van der Waals surface area contributed by atoms with E-state index in [9.17, 15) is 9.36 Å². The van der Waals surface area contributed by atoms with Crippen LogP contribution in [-0.4, -0.2) is 25.3 Å². The summed E-state index contributed by atoms with van der Waals surface area (Å²) >= 11 is 0. The number of furan rings is 1. The predicted octanol–water partition coefficient (Wildman–Crippen LogP) is 3.93. The average Bonchev–Trinajstić information content (AvgIpc) is 2.92.